The first kappa shape index (κ1) is 20.3. The van der Waals surface area contributed by atoms with Crippen LogP contribution in [-0.2, 0) is 0 Å². The van der Waals surface area contributed by atoms with E-state index in [1.807, 2.05) is 12.1 Å². The molecule has 140 valence electrons. The Kier molecular flexibility index (Phi) is 8.46. The quantitative estimate of drug-likeness (QED) is 0.296. The minimum atomic E-state index is 0. The van der Waals surface area contributed by atoms with E-state index in [9.17, 15) is 0 Å². The lowest BCUT2D eigenvalue weighted by Gasteiger charge is -2.20. The number of halogens is 1. The van der Waals surface area contributed by atoms with Gasteiger partial charge in [0.15, 0.2) is 5.96 Å². The molecule has 2 heterocycles. The zero-order chi connectivity index (χ0) is 17.3. The molecule has 2 aromatic rings. The number of anilines is 1. The highest BCUT2D eigenvalue weighted by molar-refractivity contribution is 14.0. The summed E-state index contributed by atoms with van der Waals surface area (Å²) in [5.74, 6) is 1.59. The number of pyridine rings is 1. The summed E-state index contributed by atoms with van der Waals surface area (Å²) in [6.45, 7) is 3.29. The lowest BCUT2D eigenvalue weighted by molar-refractivity contribution is 0.320. The molecule has 1 aromatic heterocycles. The van der Waals surface area contributed by atoms with E-state index in [0.29, 0.717) is 19.2 Å². The molecule has 3 rings (SSSR count). The summed E-state index contributed by atoms with van der Waals surface area (Å²) in [5.41, 5.74) is 1.28. The standard InChI is InChI=1S/C19H25N5O.HI/c1-20-19(22-11-13-25-18-8-5-10-21-14-18)23-16-9-12-24(15-16)17-6-3-2-4-7-17;/h2-8,10,14,16H,9,11-13,15H2,1H3,(H2,20,22,23);1H. The Balaban J connectivity index is 0.00000243. The summed E-state index contributed by atoms with van der Waals surface area (Å²) in [7, 11) is 1.79. The van der Waals surface area contributed by atoms with Gasteiger partial charge in [-0.25, -0.2) is 0 Å². The monoisotopic (exact) mass is 467 g/mol. The van der Waals surface area contributed by atoms with E-state index in [2.05, 4.69) is 55.8 Å². The summed E-state index contributed by atoms with van der Waals surface area (Å²) in [4.78, 5) is 10.7. The van der Waals surface area contributed by atoms with Crippen LogP contribution in [0.25, 0.3) is 0 Å². The largest absolute Gasteiger partial charge is 0.490 e. The van der Waals surface area contributed by atoms with Crippen molar-refractivity contribution in [2.75, 3.05) is 38.2 Å². The van der Waals surface area contributed by atoms with E-state index in [1.165, 1.54) is 5.69 Å². The third-order valence-corrected chi connectivity index (χ3v) is 4.17. The lowest BCUT2D eigenvalue weighted by atomic mass is 10.3. The Morgan fingerprint density at radius 1 is 1.27 bits per heavy atom. The average molecular weight is 467 g/mol. The molecule has 0 radical (unpaired) electrons. The van der Waals surface area contributed by atoms with E-state index in [4.69, 9.17) is 4.74 Å². The predicted molar refractivity (Wildman–Crippen MR) is 117 cm³/mol. The molecule has 1 aromatic carbocycles. The van der Waals surface area contributed by atoms with Crippen molar-refractivity contribution < 1.29 is 4.74 Å². The van der Waals surface area contributed by atoms with Crippen LogP contribution < -0.4 is 20.3 Å². The number of aliphatic imine (C=N–C) groups is 1. The van der Waals surface area contributed by atoms with Crippen molar-refractivity contribution in [2.24, 2.45) is 4.99 Å². The van der Waals surface area contributed by atoms with Gasteiger partial charge in [-0.2, -0.15) is 0 Å². The average Bonchev–Trinajstić information content (AvgIpc) is 3.14. The number of hydrogen-bond acceptors (Lipinski definition) is 4. The Bertz CT molecular complexity index is 668. The second-order valence-electron chi connectivity index (χ2n) is 5.95. The molecule has 1 aliphatic rings. The van der Waals surface area contributed by atoms with Crippen LogP contribution in [0.15, 0.2) is 59.9 Å². The highest BCUT2D eigenvalue weighted by atomic mass is 127. The number of nitrogens with zero attached hydrogens (tertiary/aromatic N) is 3. The zero-order valence-corrected chi connectivity index (χ0v) is 17.3. The second kappa shape index (κ2) is 10.8. The smallest absolute Gasteiger partial charge is 0.191 e. The van der Waals surface area contributed by atoms with Crippen molar-refractivity contribution in [2.45, 2.75) is 12.5 Å². The molecule has 6 nitrogen and oxygen atoms in total. The molecule has 7 heteroatoms. The number of aromatic nitrogens is 1. The summed E-state index contributed by atoms with van der Waals surface area (Å²) in [5, 5.41) is 6.79. The molecular weight excluding hydrogens is 441 g/mol. The van der Waals surface area contributed by atoms with E-state index < -0.39 is 0 Å². The molecule has 0 saturated carbocycles. The van der Waals surface area contributed by atoms with Gasteiger partial charge in [-0.1, -0.05) is 18.2 Å². The lowest BCUT2D eigenvalue weighted by Crippen LogP contribution is -2.45. The fourth-order valence-corrected chi connectivity index (χ4v) is 2.91. The third-order valence-electron chi connectivity index (χ3n) is 4.17. The van der Waals surface area contributed by atoms with Crippen LogP contribution in [0.3, 0.4) is 0 Å². The van der Waals surface area contributed by atoms with Gasteiger partial charge in [-0.05, 0) is 30.7 Å². The van der Waals surface area contributed by atoms with E-state index in [-0.39, 0.29) is 24.0 Å². The first-order chi connectivity index (χ1) is 12.3. The molecular formula is C19H26IN5O. The molecule has 1 atom stereocenters. The molecule has 0 spiro atoms. The molecule has 0 aliphatic carbocycles. The van der Waals surface area contributed by atoms with Gasteiger partial charge in [0.2, 0.25) is 0 Å². The molecule has 26 heavy (non-hydrogen) atoms. The minimum Gasteiger partial charge on any atom is -0.490 e. The summed E-state index contributed by atoms with van der Waals surface area (Å²) in [6, 6.07) is 14.7. The van der Waals surface area contributed by atoms with E-state index >= 15 is 0 Å². The van der Waals surface area contributed by atoms with Crippen molar-refractivity contribution in [3.05, 3.63) is 54.9 Å². The van der Waals surface area contributed by atoms with Gasteiger partial charge in [0.1, 0.15) is 12.4 Å². The van der Waals surface area contributed by atoms with Crippen LogP contribution in [0.4, 0.5) is 5.69 Å². The van der Waals surface area contributed by atoms with Gasteiger partial charge in [0, 0.05) is 38.1 Å². The van der Waals surface area contributed by atoms with Crippen LogP contribution in [0.2, 0.25) is 0 Å². The maximum atomic E-state index is 5.63. The number of ether oxygens (including phenoxy) is 1. The Morgan fingerprint density at radius 3 is 2.85 bits per heavy atom. The topological polar surface area (TPSA) is 61.8 Å². The zero-order valence-electron chi connectivity index (χ0n) is 15.0. The predicted octanol–water partition coefficient (Wildman–Crippen LogP) is 2.52. The first-order valence-corrected chi connectivity index (χ1v) is 8.65. The Morgan fingerprint density at radius 2 is 2.12 bits per heavy atom. The number of guanidine groups is 1. The first-order valence-electron chi connectivity index (χ1n) is 8.65. The minimum absolute atomic E-state index is 0. The van der Waals surface area contributed by atoms with Crippen molar-refractivity contribution in [1.29, 1.82) is 0 Å². The molecule has 0 amide bonds. The number of para-hydroxylation sites is 1. The molecule has 2 N–H and O–H groups in total. The normalized spacial score (nSPS) is 16.7. The van der Waals surface area contributed by atoms with Crippen LogP contribution in [-0.4, -0.2) is 50.3 Å². The summed E-state index contributed by atoms with van der Waals surface area (Å²) >= 11 is 0. The maximum Gasteiger partial charge on any atom is 0.191 e. The summed E-state index contributed by atoms with van der Waals surface area (Å²) in [6.07, 6.45) is 4.54. The third kappa shape index (κ3) is 6.05. The summed E-state index contributed by atoms with van der Waals surface area (Å²) < 4.78 is 5.63. The van der Waals surface area contributed by atoms with Crippen molar-refractivity contribution >= 4 is 35.6 Å². The van der Waals surface area contributed by atoms with Gasteiger partial charge in [0.25, 0.3) is 0 Å². The number of rotatable bonds is 6. The molecule has 0 bridgehead atoms. The van der Waals surface area contributed by atoms with Crippen LogP contribution in [0.5, 0.6) is 5.75 Å². The number of nitrogens with one attached hydrogen (secondary N) is 2. The van der Waals surface area contributed by atoms with Gasteiger partial charge < -0.3 is 20.3 Å². The SMILES string of the molecule is CN=C(NCCOc1cccnc1)NC1CCN(c2ccccc2)C1.I. The van der Waals surface area contributed by atoms with Gasteiger partial charge >= 0.3 is 0 Å². The van der Waals surface area contributed by atoms with Gasteiger partial charge in [0.05, 0.1) is 12.7 Å². The Labute approximate surface area is 172 Å². The highest BCUT2D eigenvalue weighted by Crippen LogP contribution is 2.19. The van der Waals surface area contributed by atoms with Gasteiger partial charge in [-0.3, -0.25) is 9.98 Å². The van der Waals surface area contributed by atoms with Gasteiger partial charge in [-0.15, -0.1) is 24.0 Å². The van der Waals surface area contributed by atoms with Crippen LogP contribution >= 0.6 is 24.0 Å². The van der Waals surface area contributed by atoms with Crippen molar-refractivity contribution in [3.63, 3.8) is 0 Å². The van der Waals surface area contributed by atoms with Crippen molar-refractivity contribution in [1.82, 2.24) is 15.6 Å². The van der Waals surface area contributed by atoms with Crippen molar-refractivity contribution in [3.8, 4) is 5.75 Å². The molecule has 1 unspecified atom stereocenters. The highest BCUT2D eigenvalue weighted by Gasteiger charge is 2.23. The Hall–Kier alpha value is -2.03. The fraction of sp³-hybridized carbons (Fsp3) is 0.368. The van der Waals surface area contributed by atoms with Crippen LogP contribution in [0.1, 0.15) is 6.42 Å². The van der Waals surface area contributed by atoms with E-state index in [0.717, 1.165) is 31.2 Å². The number of hydrogen-bond donors (Lipinski definition) is 2. The molecule has 1 saturated heterocycles. The molecule has 1 fully saturated rings. The van der Waals surface area contributed by atoms with Crippen LogP contribution in [0, 0.1) is 0 Å². The molecule has 1 aliphatic heterocycles. The van der Waals surface area contributed by atoms with E-state index in [1.54, 1.807) is 19.4 Å². The fourth-order valence-electron chi connectivity index (χ4n) is 2.91. The second-order valence-corrected chi connectivity index (χ2v) is 5.95. The maximum absolute atomic E-state index is 5.63. The number of benzene rings is 1.